The van der Waals surface area contributed by atoms with Gasteiger partial charge in [-0.15, -0.1) is 0 Å². The van der Waals surface area contributed by atoms with Crippen LogP contribution in [0.15, 0.2) is 48.7 Å². The smallest absolute Gasteiger partial charge is 0.257 e. The second-order valence-corrected chi connectivity index (χ2v) is 7.75. The third-order valence-corrected chi connectivity index (χ3v) is 5.39. The van der Waals surface area contributed by atoms with Gasteiger partial charge in [-0.1, -0.05) is 29.8 Å². The zero-order valence-corrected chi connectivity index (χ0v) is 17.1. The summed E-state index contributed by atoms with van der Waals surface area (Å²) in [6, 6.07) is 11.7. The van der Waals surface area contributed by atoms with Crippen LogP contribution in [0.2, 0.25) is 0 Å². The predicted octanol–water partition coefficient (Wildman–Crippen LogP) is 3.63. The highest BCUT2D eigenvalue weighted by atomic mass is 19.1. The summed E-state index contributed by atoms with van der Waals surface area (Å²) in [4.78, 5) is 17.2. The van der Waals surface area contributed by atoms with E-state index >= 15 is 0 Å². The highest BCUT2D eigenvalue weighted by molar-refractivity contribution is 6.00. The van der Waals surface area contributed by atoms with Crippen LogP contribution in [0.5, 0.6) is 0 Å². The number of hydrogen-bond acceptors (Lipinski definition) is 3. The summed E-state index contributed by atoms with van der Waals surface area (Å²) in [7, 11) is 1.68. The third-order valence-electron chi connectivity index (χ3n) is 5.39. The van der Waals surface area contributed by atoms with E-state index in [0.717, 1.165) is 25.7 Å². The number of piperazine rings is 1. The van der Waals surface area contributed by atoms with E-state index in [9.17, 15) is 13.6 Å². The van der Waals surface area contributed by atoms with Crippen molar-refractivity contribution in [2.24, 2.45) is 7.05 Å². The van der Waals surface area contributed by atoms with E-state index in [0.29, 0.717) is 18.7 Å². The number of rotatable bonds is 4. The number of carbonyl (C=O) groups is 1. The molecule has 0 aliphatic carbocycles. The second kappa shape index (κ2) is 8.36. The lowest BCUT2D eigenvalue weighted by Gasteiger charge is -2.34. The Morgan fingerprint density at radius 1 is 1.07 bits per heavy atom. The van der Waals surface area contributed by atoms with Crippen molar-refractivity contribution in [1.82, 2.24) is 19.6 Å². The molecule has 2 aromatic carbocycles. The summed E-state index contributed by atoms with van der Waals surface area (Å²) in [6.07, 6.45) is 1.60. The van der Waals surface area contributed by atoms with Gasteiger partial charge in [0.2, 0.25) is 0 Å². The number of aryl methyl sites for hydroxylation is 2. The lowest BCUT2D eigenvalue weighted by molar-refractivity contribution is 0.0629. The topological polar surface area (TPSA) is 41.4 Å². The Morgan fingerprint density at radius 2 is 1.83 bits per heavy atom. The van der Waals surface area contributed by atoms with Crippen LogP contribution < -0.4 is 0 Å². The molecule has 0 N–H and O–H groups in total. The Hall–Kier alpha value is -3.06. The minimum absolute atomic E-state index is 0.124. The van der Waals surface area contributed by atoms with Crippen LogP contribution in [0.1, 0.15) is 21.5 Å². The highest BCUT2D eigenvalue weighted by Gasteiger charge is 2.27. The van der Waals surface area contributed by atoms with E-state index in [1.165, 1.54) is 27.9 Å². The van der Waals surface area contributed by atoms with Gasteiger partial charge in [0.15, 0.2) is 0 Å². The third kappa shape index (κ3) is 4.26. The van der Waals surface area contributed by atoms with Crippen LogP contribution in [-0.4, -0.2) is 51.7 Å². The van der Waals surface area contributed by atoms with Crippen molar-refractivity contribution in [3.05, 3.63) is 77.0 Å². The van der Waals surface area contributed by atoms with Crippen molar-refractivity contribution in [1.29, 1.82) is 0 Å². The van der Waals surface area contributed by atoms with E-state index in [1.54, 1.807) is 18.1 Å². The number of amides is 1. The summed E-state index contributed by atoms with van der Waals surface area (Å²) in [5, 5.41) is 4.26. The molecular formula is C23H24F2N4O. The largest absolute Gasteiger partial charge is 0.336 e. The zero-order valence-electron chi connectivity index (χ0n) is 17.1. The first-order valence-corrected chi connectivity index (χ1v) is 9.97. The van der Waals surface area contributed by atoms with E-state index in [4.69, 9.17) is 0 Å². The fourth-order valence-electron chi connectivity index (χ4n) is 3.87. The lowest BCUT2D eigenvalue weighted by atomic mass is 10.1. The number of aromatic nitrogens is 2. The summed E-state index contributed by atoms with van der Waals surface area (Å²) >= 11 is 0. The van der Waals surface area contributed by atoms with Gasteiger partial charge in [0.25, 0.3) is 5.91 Å². The monoisotopic (exact) mass is 410 g/mol. The van der Waals surface area contributed by atoms with Gasteiger partial charge in [-0.05, 0) is 24.6 Å². The van der Waals surface area contributed by atoms with Crippen molar-refractivity contribution < 1.29 is 13.6 Å². The maximum absolute atomic E-state index is 14.3. The van der Waals surface area contributed by atoms with E-state index in [-0.39, 0.29) is 17.2 Å². The van der Waals surface area contributed by atoms with Gasteiger partial charge in [-0.3, -0.25) is 14.4 Å². The standard InChI is InChI=1S/C23H24F2N4O/c1-16-4-3-5-17(12-16)14-28-8-10-29(11-9-28)23(30)20-15-27(2)26-22(20)19-7-6-18(24)13-21(19)25/h3-7,12-13,15H,8-11,14H2,1-2H3. The van der Waals surface area contributed by atoms with Gasteiger partial charge in [0, 0.05) is 57.6 Å². The molecule has 0 bridgehead atoms. The molecule has 7 heteroatoms. The van der Waals surface area contributed by atoms with Crippen LogP contribution >= 0.6 is 0 Å². The lowest BCUT2D eigenvalue weighted by Crippen LogP contribution is -2.48. The normalized spacial score (nSPS) is 14.9. The molecule has 30 heavy (non-hydrogen) atoms. The summed E-state index contributed by atoms with van der Waals surface area (Å²) < 4.78 is 29.1. The van der Waals surface area contributed by atoms with Crippen LogP contribution in [-0.2, 0) is 13.6 Å². The van der Waals surface area contributed by atoms with Gasteiger partial charge < -0.3 is 4.90 Å². The number of benzene rings is 2. The molecule has 0 saturated carbocycles. The van der Waals surface area contributed by atoms with Crippen molar-refractivity contribution >= 4 is 5.91 Å². The molecule has 1 fully saturated rings. The molecule has 156 valence electrons. The number of carbonyl (C=O) groups excluding carboxylic acids is 1. The summed E-state index contributed by atoms with van der Waals surface area (Å²) in [5.74, 6) is -1.58. The Bertz CT molecular complexity index is 1070. The molecule has 3 aromatic rings. The van der Waals surface area contributed by atoms with Crippen LogP contribution in [0.4, 0.5) is 8.78 Å². The van der Waals surface area contributed by atoms with E-state index < -0.39 is 11.6 Å². The quantitative estimate of drug-likeness (QED) is 0.660. The molecule has 0 spiro atoms. The van der Waals surface area contributed by atoms with Crippen LogP contribution in [0, 0.1) is 18.6 Å². The summed E-state index contributed by atoms with van der Waals surface area (Å²) in [6.45, 7) is 5.63. The molecule has 4 rings (SSSR count). The maximum Gasteiger partial charge on any atom is 0.257 e. The average Bonchev–Trinajstić information content (AvgIpc) is 3.09. The Labute approximate surface area is 174 Å². The van der Waals surface area contributed by atoms with Crippen molar-refractivity contribution in [2.45, 2.75) is 13.5 Å². The van der Waals surface area contributed by atoms with Gasteiger partial charge in [0.1, 0.15) is 17.3 Å². The Balaban J connectivity index is 1.47. The van der Waals surface area contributed by atoms with Gasteiger partial charge in [0.05, 0.1) is 5.56 Å². The highest BCUT2D eigenvalue weighted by Crippen LogP contribution is 2.27. The molecule has 1 saturated heterocycles. The van der Waals surface area contributed by atoms with Crippen molar-refractivity contribution in [2.75, 3.05) is 26.2 Å². The number of nitrogens with zero attached hydrogens (tertiary/aromatic N) is 4. The fourth-order valence-corrected chi connectivity index (χ4v) is 3.87. The first-order chi connectivity index (χ1) is 14.4. The Kier molecular flexibility index (Phi) is 5.63. The molecule has 2 heterocycles. The van der Waals surface area contributed by atoms with Crippen molar-refractivity contribution in [3.8, 4) is 11.3 Å². The SMILES string of the molecule is Cc1cccc(CN2CCN(C(=O)c3cn(C)nc3-c3ccc(F)cc3F)CC2)c1. The fraction of sp³-hybridized carbons (Fsp3) is 0.304. The van der Waals surface area contributed by atoms with Gasteiger partial charge in [-0.2, -0.15) is 5.10 Å². The first kappa shape index (κ1) is 20.2. The number of hydrogen-bond donors (Lipinski definition) is 0. The minimum atomic E-state index is -0.731. The maximum atomic E-state index is 14.3. The molecule has 1 aromatic heterocycles. The van der Waals surface area contributed by atoms with Crippen LogP contribution in [0.25, 0.3) is 11.3 Å². The van der Waals surface area contributed by atoms with E-state index in [1.807, 2.05) is 0 Å². The van der Waals surface area contributed by atoms with Crippen molar-refractivity contribution in [3.63, 3.8) is 0 Å². The minimum Gasteiger partial charge on any atom is -0.336 e. The van der Waals surface area contributed by atoms with Crippen LogP contribution in [0.3, 0.4) is 0 Å². The first-order valence-electron chi connectivity index (χ1n) is 9.97. The second-order valence-electron chi connectivity index (χ2n) is 7.75. The molecule has 5 nitrogen and oxygen atoms in total. The predicted molar refractivity (Wildman–Crippen MR) is 111 cm³/mol. The molecule has 0 radical (unpaired) electrons. The Morgan fingerprint density at radius 3 is 2.53 bits per heavy atom. The molecule has 1 aliphatic heterocycles. The van der Waals surface area contributed by atoms with Gasteiger partial charge in [-0.25, -0.2) is 8.78 Å². The molecular weight excluding hydrogens is 386 g/mol. The zero-order chi connectivity index (χ0) is 21.3. The molecule has 0 unspecified atom stereocenters. The molecule has 1 aliphatic rings. The summed E-state index contributed by atoms with van der Waals surface area (Å²) in [5.41, 5.74) is 3.19. The van der Waals surface area contributed by atoms with Gasteiger partial charge >= 0.3 is 0 Å². The molecule has 0 atom stereocenters. The number of halogens is 2. The average molecular weight is 410 g/mol. The molecule has 1 amide bonds. The van der Waals surface area contributed by atoms with E-state index in [2.05, 4.69) is 41.2 Å².